The highest BCUT2D eigenvalue weighted by molar-refractivity contribution is 6.00. The van der Waals surface area contributed by atoms with Gasteiger partial charge in [0.2, 0.25) is 11.8 Å². The molecule has 2 N–H and O–H groups in total. The number of amides is 2. The number of carbonyl (C=O) groups excluding carboxylic acids is 1. The van der Waals surface area contributed by atoms with Gasteiger partial charge in [-0.3, -0.25) is 9.78 Å². The Morgan fingerprint density at radius 3 is 2.82 bits per heavy atom. The summed E-state index contributed by atoms with van der Waals surface area (Å²) in [6.45, 7) is 0.419. The van der Waals surface area contributed by atoms with Crippen LogP contribution in [0.4, 0.5) is 10.5 Å². The molecular formula is C14H14N4O4. The second-order valence-electron chi connectivity index (χ2n) is 4.95. The van der Waals surface area contributed by atoms with Gasteiger partial charge in [0.25, 0.3) is 0 Å². The number of hydrogen-bond donors (Lipinski definition) is 2. The van der Waals surface area contributed by atoms with Crippen LogP contribution < -0.4 is 10.1 Å². The Morgan fingerprint density at radius 2 is 2.14 bits per heavy atom. The van der Waals surface area contributed by atoms with Gasteiger partial charge in [-0.15, -0.1) is 0 Å². The minimum atomic E-state index is -1.01. The van der Waals surface area contributed by atoms with Gasteiger partial charge in [0.15, 0.2) is 0 Å². The van der Waals surface area contributed by atoms with E-state index in [1.165, 1.54) is 12.0 Å². The summed E-state index contributed by atoms with van der Waals surface area (Å²) in [6, 6.07) is 5.10. The van der Waals surface area contributed by atoms with Gasteiger partial charge in [0, 0.05) is 25.4 Å². The van der Waals surface area contributed by atoms with Crippen LogP contribution in [0.5, 0.6) is 5.88 Å². The first kappa shape index (κ1) is 14.1. The number of carboxylic acid groups (broad SMARTS) is 1. The van der Waals surface area contributed by atoms with Gasteiger partial charge >= 0.3 is 6.09 Å². The average molecular weight is 302 g/mol. The SMILES string of the molecule is COc1ccc2nccc(NC(=O)C3CN(C(=O)O)C3)c2n1. The van der Waals surface area contributed by atoms with E-state index in [-0.39, 0.29) is 24.9 Å². The fourth-order valence-corrected chi connectivity index (χ4v) is 2.26. The Labute approximate surface area is 125 Å². The minimum Gasteiger partial charge on any atom is -0.481 e. The molecule has 0 saturated carbocycles. The zero-order valence-electron chi connectivity index (χ0n) is 11.8. The summed E-state index contributed by atoms with van der Waals surface area (Å²) in [6.07, 6.45) is 0.570. The predicted molar refractivity (Wildman–Crippen MR) is 77.8 cm³/mol. The molecule has 2 aromatic rings. The monoisotopic (exact) mass is 302 g/mol. The van der Waals surface area contributed by atoms with Crippen molar-refractivity contribution in [2.45, 2.75) is 0 Å². The molecule has 0 bridgehead atoms. The highest BCUT2D eigenvalue weighted by Crippen LogP contribution is 2.24. The van der Waals surface area contributed by atoms with Crippen molar-refractivity contribution in [3.63, 3.8) is 0 Å². The molecule has 0 unspecified atom stereocenters. The van der Waals surface area contributed by atoms with E-state index in [4.69, 9.17) is 9.84 Å². The van der Waals surface area contributed by atoms with Gasteiger partial charge in [0.1, 0.15) is 5.52 Å². The smallest absolute Gasteiger partial charge is 0.407 e. The molecule has 0 spiro atoms. The fourth-order valence-electron chi connectivity index (χ4n) is 2.26. The Kier molecular flexibility index (Phi) is 3.50. The van der Waals surface area contributed by atoms with Gasteiger partial charge < -0.3 is 20.1 Å². The number of anilines is 1. The number of nitrogens with one attached hydrogen (secondary N) is 1. The number of pyridine rings is 2. The lowest BCUT2D eigenvalue weighted by atomic mass is 10.00. The first-order valence-electron chi connectivity index (χ1n) is 6.67. The number of hydrogen-bond acceptors (Lipinski definition) is 5. The van der Waals surface area contributed by atoms with Crippen LogP contribution in [0, 0.1) is 5.92 Å². The third-order valence-electron chi connectivity index (χ3n) is 3.55. The number of ether oxygens (including phenoxy) is 1. The van der Waals surface area contributed by atoms with E-state index in [0.717, 1.165) is 0 Å². The summed E-state index contributed by atoms with van der Waals surface area (Å²) in [4.78, 5) is 32.5. The van der Waals surface area contributed by atoms with E-state index in [0.29, 0.717) is 22.6 Å². The lowest BCUT2D eigenvalue weighted by molar-refractivity contribution is -0.123. The molecule has 1 fully saturated rings. The molecule has 22 heavy (non-hydrogen) atoms. The van der Waals surface area contributed by atoms with E-state index in [2.05, 4.69) is 15.3 Å². The van der Waals surface area contributed by atoms with Gasteiger partial charge in [0.05, 0.1) is 24.2 Å². The Bertz CT molecular complexity index is 743. The van der Waals surface area contributed by atoms with E-state index in [1.807, 2.05) is 0 Å². The van der Waals surface area contributed by atoms with Crippen LogP contribution in [0.2, 0.25) is 0 Å². The number of likely N-dealkylation sites (tertiary alicyclic amines) is 1. The Morgan fingerprint density at radius 1 is 1.36 bits per heavy atom. The van der Waals surface area contributed by atoms with Crippen molar-refractivity contribution >= 4 is 28.7 Å². The molecule has 114 valence electrons. The summed E-state index contributed by atoms with van der Waals surface area (Å²) in [5.41, 5.74) is 1.70. The number of nitrogens with zero attached hydrogens (tertiary/aromatic N) is 3. The predicted octanol–water partition coefficient (Wildman–Crippen LogP) is 1.19. The van der Waals surface area contributed by atoms with Crippen LogP contribution in [0.15, 0.2) is 24.4 Å². The lowest BCUT2D eigenvalue weighted by Crippen LogP contribution is -2.53. The fraction of sp³-hybridized carbons (Fsp3) is 0.286. The highest BCUT2D eigenvalue weighted by atomic mass is 16.5. The van der Waals surface area contributed by atoms with E-state index in [9.17, 15) is 9.59 Å². The molecule has 8 nitrogen and oxygen atoms in total. The zero-order chi connectivity index (χ0) is 15.7. The molecular weight excluding hydrogens is 288 g/mol. The number of carbonyl (C=O) groups is 2. The van der Waals surface area contributed by atoms with Crippen molar-refractivity contribution in [1.29, 1.82) is 0 Å². The van der Waals surface area contributed by atoms with Crippen LogP contribution >= 0.6 is 0 Å². The molecule has 1 saturated heterocycles. The molecule has 1 aliphatic heterocycles. The van der Waals surface area contributed by atoms with E-state index in [1.54, 1.807) is 24.4 Å². The molecule has 0 aromatic carbocycles. The van der Waals surface area contributed by atoms with Crippen molar-refractivity contribution in [2.24, 2.45) is 5.92 Å². The number of methoxy groups -OCH3 is 1. The molecule has 3 rings (SSSR count). The lowest BCUT2D eigenvalue weighted by Gasteiger charge is -2.35. The molecule has 3 heterocycles. The molecule has 0 radical (unpaired) electrons. The quantitative estimate of drug-likeness (QED) is 0.882. The summed E-state index contributed by atoms with van der Waals surface area (Å²) < 4.78 is 5.08. The van der Waals surface area contributed by atoms with Crippen molar-refractivity contribution < 1.29 is 19.4 Å². The molecule has 2 amide bonds. The summed E-state index contributed by atoms with van der Waals surface area (Å²) >= 11 is 0. The third-order valence-corrected chi connectivity index (χ3v) is 3.55. The zero-order valence-corrected chi connectivity index (χ0v) is 11.8. The maximum atomic E-state index is 12.2. The number of rotatable bonds is 3. The Hall–Kier alpha value is -2.90. The summed E-state index contributed by atoms with van der Waals surface area (Å²) in [5.74, 6) is -0.142. The topological polar surface area (TPSA) is 105 Å². The van der Waals surface area contributed by atoms with Crippen molar-refractivity contribution in [2.75, 3.05) is 25.5 Å². The minimum absolute atomic E-state index is 0.209. The van der Waals surface area contributed by atoms with Crippen molar-refractivity contribution in [1.82, 2.24) is 14.9 Å². The van der Waals surface area contributed by atoms with Crippen molar-refractivity contribution in [3.05, 3.63) is 24.4 Å². The average Bonchev–Trinajstić information content (AvgIpc) is 2.45. The highest BCUT2D eigenvalue weighted by Gasteiger charge is 2.35. The van der Waals surface area contributed by atoms with Gasteiger partial charge in [-0.2, -0.15) is 0 Å². The Balaban J connectivity index is 1.79. The first-order chi connectivity index (χ1) is 10.6. The molecule has 8 heteroatoms. The summed E-state index contributed by atoms with van der Waals surface area (Å²) in [5, 5.41) is 11.6. The molecule has 2 aromatic heterocycles. The van der Waals surface area contributed by atoms with Crippen LogP contribution in [-0.4, -0.2) is 52.2 Å². The van der Waals surface area contributed by atoms with Crippen LogP contribution in [0.3, 0.4) is 0 Å². The number of aromatic nitrogens is 2. The van der Waals surface area contributed by atoms with E-state index >= 15 is 0 Å². The van der Waals surface area contributed by atoms with Gasteiger partial charge in [-0.1, -0.05) is 0 Å². The van der Waals surface area contributed by atoms with Gasteiger partial charge in [-0.25, -0.2) is 9.78 Å². The van der Waals surface area contributed by atoms with Crippen LogP contribution in [0.1, 0.15) is 0 Å². The van der Waals surface area contributed by atoms with Crippen LogP contribution in [0.25, 0.3) is 11.0 Å². The maximum absolute atomic E-state index is 12.2. The largest absolute Gasteiger partial charge is 0.481 e. The normalized spacial score (nSPS) is 14.5. The number of fused-ring (bicyclic) bond motifs is 1. The summed E-state index contributed by atoms with van der Waals surface area (Å²) in [7, 11) is 1.51. The third kappa shape index (κ3) is 2.50. The second-order valence-corrected chi connectivity index (χ2v) is 4.95. The molecule has 1 aliphatic rings. The standard InChI is InChI=1S/C14H14N4O4/c1-22-11-3-2-9-12(17-11)10(4-5-15-9)16-13(19)8-6-18(7-8)14(20)21/h2-5,8H,6-7H2,1H3,(H,20,21)(H,15,16,19). The second kappa shape index (κ2) is 5.47. The molecule has 0 aliphatic carbocycles. The van der Waals surface area contributed by atoms with E-state index < -0.39 is 6.09 Å². The van der Waals surface area contributed by atoms with Crippen LogP contribution in [-0.2, 0) is 4.79 Å². The maximum Gasteiger partial charge on any atom is 0.407 e. The molecule has 0 atom stereocenters. The van der Waals surface area contributed by atoms with Crippen molar-refractivity contribution in [3.8, 4) is 5.88 Å². The first-order valence-corrected chi connectivity index (χ1v) is 6.67. The van der Waals surface area contributed by atoms with Gasteiger partial charge in [-0.05, 0) is 12.1 Å².